The van der Waals surface area contributed by atoms with E-state index in [0.717, 1.165) is 0 Å². The summed E-state index contributed by atoms with van der Waals surface area (Å²) >= 11 is 0. The van der Waals surface area contributed by atoms with E-state index in [4.69, 9.17) is 4.42 Å². The lowest BCUT2D eigenvalue weighted by Gasteiger charge is -2.07. The van der Waals surface area contributed by atoms with Crippen molar-refractivity contribution < 1.29 is 14.0 Å². The van der Waals surface area contributed by atoms with E-state index in [1.165, 1.54) is 13.1 Å². The lowest BCUT2D eigenvalue weighted by atomic mass is 10.2. The van der Waals surface area contributed by atoms with Gasteiger partial charge in [-0.25, -0.2) is 4.79 Å². The van der Waals surface area contributed by atoms with Crippen LogP contribution in [0.2, 0.25) is 0 Å². The summed E-state index contributed by atoms with van der Waals surface area (Å²) in [5.41, 5.74) is 1.15. The smallest absolute Gasteiger partial charge is 0.318 e. The third-order valence-corrected chi connectivity index (χ3v) is 3.49. The molecule has 3 amide bonds. The summed E-state index contributed by atoms with van der Waals surface area (Å²) in [6.45, 7) is 0. The number of urea groups is 1. The van der Waals surface area contributed by atoms with Crippen LogP contribution in [0.5, 0.6) is 0 Å². The van der Waals surface area contributed by atoms with Gasteiger partial charge in [-0.1, -0.05) is 12.1 Å². The summed E-state index contributed by atoms with van der Waals surface area (Å²) in [4.78, 5) is 35.6. The molecule has 2 aromatic carbocycles. The maximum atomic E-state index is 12.3. The molecule has 3 N–H and O–H groups in total. The van der Waals surface area contributed by atoms with E-state index in [-0.39, 0.29) is 17.2 Å². The van der Waals surface area contributed by atoms with Crippen molar-refractivity contribution in [3.8, 4) is 0 Å². The highest BCUT2D eigenvalue weighted by Gasteiger charge is 2.12. The highest BCUT2D eigenvalue weighted by Crippen LogP contribution is 2.16. The second-order valence-corrected chi connectivity index (χ2v) is 5.21. The van der Waals surface area contributed by atoms with Crippen LogP contribution in [0.4, 0.5) is 16.2 Å². The first kappa shape index (κ1) is 16.3. The van der Waals surface area contributed by atoms with E-state index < -0.39 is 5.91 Å². The van der Waals surface area contributed by atoms with Gasteiger partial charge < -0.3 is 20.4 Å². The minimum Gasteiger partial charge on any atom is -0.451 e. The molecule has 3 rings (SSSR count). The molecule has 3 aromatic rings. The van der Waals surface area contributed by atoms with Crippen molar-refractivity contribution in [1.82, 2.24) is 5.32 Å². The van der Waals surface area contributed by atoms with Crippen LogP contribution in [0.1, 0.15) is 10.6 Å². The van der Waals surface area contributed by atoms with Gasteiger partial charge in [0, 0.05) is 24.5 Å². The number of amides is 3. The number of benzene rings is 2. The number of rotatable bonds is 3. The van der Waals surface area contributed by atoms with Crippen molar-refractivity contribution in [3.63, 3.8) is 0 Å². The molecule has 0 saturated heterocycles. The van der Waals surface area contributed by atoms with E-state index in [1.54, 1.807) is 48.5 Å². The third-order valence-electron chi connectivity index (χ3n) is 3.49. The molecule has 25 heavy (non-hydrogen) atoms. The van der Waals surface area contributed by atoms with Crippen molar-refractivity contribution in [2.75, 3.05) is 17.7 Å². The van der Waals surface area contributed by atoms with E-state index >= 15 is 0 Å². The number of para-hydroxylation sites is 1. The van der Waals surface area contributed by atoms with Crippen molar-refractivity contribution in [2.24, 2.45) is 0 Å². The molecule has 0 radical (unpaired) electrons. The standard InChI is InChI=1S/C18H15N3O4/c1-19-18(24)21-12-8-6-11(7-9-12)20-17(23)16-10-14(22)13-4-2-3-5-15(13)25-16/h2-10H,1H3,(H,20,23)(H2,19,21,24). The number of carbonyl (C=O) groups is 2. The fourth-order valence-corrected chi connectivity index (χ4v) is 2.24. The molecular formula is C18H15N3O4. The summed E-state index contributed by atoms with van der Waals surface area (Å²) in [7, 11) is 1.52. The SMILES string of the molecule is CNC(=O)Nc1ccc(NC(=O)c2cc(=O)c3ccccc3o2)cc1. The summed E-state index contributed by atoms with van der Waals surface area (Å²) in [6, 6.07) is 14.1. The van der Waals surface area contributed by atoms with Gasteiger partial charge >= 0.3 is 6.03 Å². The minimum absolute atomic E-state index is 0.0729. The number of hydrogen-bond donors (Lipinski definition) is 3. The van der Waals surface area contributed by atoms with Crippen molar-refractivity contribution in [2.45, 2.75) is 0 Å². The number of fused-ring (bicyclic) bond motifs is 1. The fraction of sp³-hybridized carbons (Fsp3) is 0.0556. The predicted molar refractivity (Wildman–Crippen MR) is 95.0 cm³/mol. The van der Waals surface area contributed by atoms with Gasteiger partial charge in [0.1, 0.15) is 5.58 Å². The molecule has 0 unspecified atom stereocenters. The fourth-order valence-electron chi connectivity index (χ4n) is 2.24. The molecule has 0 spiro atoms. The van der Waals surface area contributed by atoms with Crippen LogP contribution >= 0.6 is 0 Å². The monoisotopic (exact) mass is 337 g/mol. The van der Waals surface area contributed by atoms with Gasteiger partial charge in [-0.05, 0) is 36.4 Å². The van der Waals surface area contributed by atoms with Crippen molar-refractivity contribution >= 4 is 34.3 Å². The number of nitrogens with one attached hydrogen (secondary N) is 3. The zero-order valence-corrected chi connectivity index (χ0v) is 13.3. The van der Waals surface area contributed by atoms with Crippen LogP contribution in [-0.4, -0.2) is 19.0 Å². The number of carbonyl (C=O) groups excluding carboxylic acids is 2. The molecule has 1 heterocycles. The number of anilines is 2. The largest absolute Gasteiger partial charge is 0.451 e. The highest BCUT2D eigenvalue weighted by molar-refractivity contribution is 6.03. The van der Waals surface area contributed by atoms with Gasteiger partial charge in [0.05, 0.1) is 5.39 Å². The van der Waals surface area contributed by atoms with Crippen LogP contribution in [-0.2, 0) is 0 Å². The Bertz CT molecular complexity index is 993. The van der Waals surface area contributed by atoms with E-state index in [1.807, 2.05) is 0 Å². The summed E-state index contributed by atoms with van der Waals surface area (Å²) in [5, 5.41) is 8.11. The number of hydrogen-bond acceptors (Lipinski definition) is 4. The van der Waals surface area contributed by atoms with Crippen molar-refractivity contribution in [3.05, 3.63) is 70.6 Å². The average molecular weight is 337 g/mol. The van der Waals surface area contributed by atoms with Gasteiger partial charge in [-0.2, -0.15) is 0 Å². The van der Waals surface area contributed by atoms with Crippen LogP contribution in [0.15, 0.2) is 63.8 Å². The first-order chi connectivity index (χ1) is 12.1. The van der Waals surface area contributed by atoms with Gasteiger partial charge in [-0.3, -0.25) is 9.59 Å². The molecule has 1 aromatic heterocycles. The van der Waals surface area contributed by atoms with E-state index in [2.05, 4.69) is 16.0 Å². The summed E-state index contributed by atoms with van der Waals surface area (Å²) in [6.07, 6.45) is 0. The normalized spacial score (nSPS) is 10.3. The van der Waals surface area contributed by atoms with Gasteiger partial charge in [-0.15, -0.1) is 0 Å². The Labute approximate surface area is 142 Å². The first-order valence-electron chi connectivity index (χ1n) is 7.50. The van der Waals surface area contributed by atoms with Gasteiger partial charge in [0.2, 0.25) is 0 Å². The second kappa shape index (κ2) is 6.88. The molecule has 0 fully saturated rings. The van der Waals surface area contributed by atoms with Gasteiger partial charge in [0.15, 0.2) is 11.2 Å². The molecule has 7 nitrogen and oxygen atoms in total. The van der Waals surface area contributed by atoms with Crippen LogP contribution < -0.4 is 21.4 Å². The lowest BCUT2D eigenvalue weighted by Crippen LogP contribution is -2.24. The van der Waals surface area contributed by atoms with Crippen LogP contribution in [0.25, 0.3) is 11.0 Å². The molecule has 7 heteroatoms. The summed E-state index contributed by atoms with van der Waals surface area (Å²) < 4.78 is 5.49. The molecule has 0 bridgehead atoms. The van der Waals surface area contributed by atoms with Crippen LogP contribution in [0, 0.1) is 0 Å². The Hall–Kier alpha value is -3.61. The van der Waals surface area contributed by atoms with Crippen LogP contribution in [0.3, 0.4) is 0 Å². The van der Waals surface area contributed by atoms with Crippen molar-refractivity contribution in [1.29, 1.82) is 0 Å². The molecule has 0 aliphatic rings. The quantitative estimate of drug-likeness (QED) is 0.684. The maximum Gasteiger partial charge on any atom is 0.318 e. The summed E-state index contributed by atoms with van der Waals surface area (Å²) in [5.74, 6) is -0.605. The minimum atomic E-state index is -0.533. The zero-order valence-electron chi connectivity index (χ0n) is 13.3. The van der Waals surface area contributed by atoms with E-state index in [9.17, 15) is 14.4 Å². The Kier molecular flexibility index (Phi) is 4.47. The lowest BCUT2D eigenvalue weighted by molar-refractivity contribution is 0.0997. The molecule has 126 valence electrons. The second-order valence-electron chi connectivity index (χ2n) is 5.21. The molecule has 0 atom stereocenters. The predicted octanol–water partition coefficient (Wildman–Crippen LogP) is 2.80. The Morgan fingerprint density at radius 3 is 2.24 bits per heavy atom. The Morgan fingerprint density at radius 1 is 0.920 bits per heavy atom. The average Bonchev–Trinajstić information content (AvgIpc) is 2.63. The Balaban J connectivity index is 1.78. The molecular weight excluding hydrogens is 322 g/mol. The first-order valence-corrected chi connectivity index (χ1v) is 7.50. The van der Waals surface area contributed by atoms with E-state index in [0.29, 0.717) is 22.3 Å². The third kappa shape index (κ3) is 3.66. The zero-order chi connectivity index (χ0) is 17.8. The Morgan fingerprint density at radius 2 is 1.56 bits per heavy atom. The molecule has 0 saturated carbocycles. The topological polar surface area (TPSA) is 100 Å². The van der Waals surface area contributed by atoms with Gasteiger partial charge in [0.25, 0.3) is 5.91 Å². The highest BCUT2D eigenvalue weighted by atomic mass is 16.3. The molecule has 0 aliphatic carbocycles. The molecule has 0 aliphatic heterocycles. The maximum absolute atomic E-state index is 12.3.